The monoisotopic (exact) mass is 325 g/mol. The maximum Gasteiger partial charge on any atom is 0.194 e. The lowest BCUT2D eigenvalue weighted by Gasteiger charge is -2.20. The lowest BCUT2D eigenvalue weighted by atomic mass is 10.2. The quantitative estimate of drug-likeness (QED) is 0.355. The van der Waals surface area contributed by atoms with E-state index in [-0.39, 0.29) is 0 Å². The largest absolute Gasteiger partial charge is 0.357 e. The number of hydrogen-bond donors (Lipinski definition) is 2. The van der Waals surface area contributed by atoms with Crippen LogP contribution in [0.2, 0.25) is 0 Å². The summed E-state index contributed by atoms with van der Waals surface area (Å²) in [7, 11) is 2.03. The number of benzene rings is 1. The Bertz CT molecular complexity index is 657. The predicted octanol–water partition coefficient (Wildman–Crippen LogP) is 3.44. The van der Waals surface area contributed by atoms with Gasteiger partial charge < -0.3 is 15.2 Å². The van der Waals surface area contributed by atoms with Gasteiger partial charge in [-0.2, -0.15) is 0 Å². The van der Waals surface area contributed by atoms with Crippen molar-refractivity contribution in [3.8, 4) is 11.3 Å². The number of imidazole rings is 1. The molecule has 0 fully saturated rings. The summed E-state index contributed by atoms with van der Waals surface area (Å²) in [6, 6.07) is 10.2. The van der Waals surface area contributed by atoms with Crippen molar-refractivity contribution < 1.29 is 0 Å². The second kappa shape index (κ2) is 9.55. The van der Waals surface area contributed by atoms with E-state index in [1.54, 1.807) is 0 Å². The highest BCUT2D eigenvalue weighted by Gasteiger charge is 2.09. The van der Waals surface area contributed by atoms with Gasteiger partial charge in [-0.15, -0.1) is 0 Å². The van der Waals surface area contributed by atoms with Crippen LogP contribution in [-0.2, 0) is 6.54 Å². The molecule has 1 aromatic carbocycles. The summed E-state index contributed by atoms with van der Waals surface area (Å²) in [5.74, 6) is 1.83. The Hall–Kier alpha value is -2.56. The maximum atomic E-state index is 4.65. The molecule has 5 nitrogen and oxygen atoms in total. The zero-order valence-corrected chi connectivity index (χ0v) is 14.8. The molecule has 0 radical (unpaired) electrons. The number of aromatic nitrogens is 2. The van der Waals surface area contributed by atoms with Crippen LogP contribution in [0.25, 0.3) is 11.3 Å². The van der Waals surface area contributed by atoms with Gasteiger partial charge in [0, 0.05) is 20.1 Å². The van der Waals surface area contributed by atoms with Gasteiger partial charge in [0.05, 0.1) is 18.4 Å². The van der Waals surface area contributed by atoms with E-state index in [0.717, 1.165) is 42.6 Å². The highest BCUT2D eigenvalue weighted by Crippen LogP contribution is 2.16. The second-order valence-corrected chi connectivity index (χ2v) is 5.56. The molecule has 0 aliphatic heterocycles. The molecule has 2 rings (SSSR count). The molecule has 0 bridgehead atoms. The number of nitrogens with zero attached hydrogens (tertiary/aromatic N) is 3. The summed E-state index contributed by atoms with van der Waals surface area (Å²) in [4.78, 5) is 14.6. The van der Waals surface area contributed by atoms with Gasteiger partial charge in [0.2, 0.25) is 0 Å². The van der Waals surface area contributed by atoms with Crippen molar-refractivity contribution in [1.82, 2.24) is 20.2 Å². The summed E-state index contributed by atoms with van der Waals surface area (Å²) in [5.41, 5.74) is 2.18. The molecule has 1 heterocycles. The SMILES string of the molecule is C/C=C/CCN=C(NCC)N(C)Cc1ncc(-c2ccccc2)[nH]1. The fourth-order valence-corrected chi connectivity index (χ4v) is 2.39. The molecule has 0 unspecified atom stereocenters. The van der Waals surface area contributed by atoms with Crippen molar-refractivity contribution in [1.29, 1.82) is 0 Å². The molecular formula is C19H27N5. The van der Waals surface area contributed by atoms with Gasteiger partial charge in [-0.05, 0) is 25.8 Å². The first-order valence-corrected chi connectivity index (χ1v) is 8.44. The van der Waals surface area contributed by atoms with Crippen molar-refractivity contribution in [2.75, 3.05) is 20.1 Å². The number of nitrogens with one attached hydrogen (secondary N) is 2. The standard InChI is InChI=1S/C19H27N5/c1-4-6-10-13-21-19(20-5-2)24(3)15-18-22-14-17(23-18)16-11-8-7-9-12-16/h4,6-9,11-12,14H,5,10,13,15H2,1-3H3,(H,20,21)(H,22,23)/b6-4+. The minimum Gasteiger partial charge on any atom is -0.357 e. The minimum atomic E-state index is 0.683. The van der Waals surface area contributed by atoms with Gasteiger partial charge in [-0.25, -0.2) is 4.98 Å². The van der Waals surface area contributed by atoms with Crippen LogP contribution in [0, 0.1) is 0 Å². The van der Waals surface area contributed by atoms with Crippen LogP contribution in [0.5, 0.6) is 0 Å². The number of aliphatic imine (C=N–C) groups is 1. The molecule has 0 saturated carbocycles. The highest BCUT2D eigenvalue weighted by molar-refractivity contribution is 5.79. The van der Waals surface area contributed by atoms with Crippen molar-refractivity contribution in [2.45, 2.75) is 26.8 Å². The Morgan fingerprint density at radius 3 is 2.83 bits per heavy atom. The van der Waals surface area contributed by atoms with Crippen LogP contribution in [-0.4, -0.2) is 41.0 Å². The zero-order chi connectivity index (χ0) is 17.2. The molecule has 128 valence electrons. The van der Waals surface area contributed by atoms with Gasteiger partial charge >= 0.3 is 0 Å². The molecule has 2 aromatic rings. The Morgan fingerprint density at radius 2 is 2.12 bits per heavy atom. The number of allylic oxidation sites excluding steroid dienone is 1. The normalized spacial score (nSPS) is 11.9. The van der Waals surface area contributed by atoms with Crippen LogP contribution in [0.1, 0.15) is 26.1 Å². The number of guanidine groups is 1. The number of rotatable bonds is 7. The molecule has 0 saturated heterocycles. The first-order chi connectivity index (χ1) is 11.7. The lowest BCUT2D eigenvalue weighted by Crippen LogP contribution is -2.38. The van der Waals surface area contributed by atoms with E-state index in [0.29, 0.717) is 6.54 Å². The van der Waals surface area contributed by atoms with Crippen LogP contribution in [0.15, 0.2) is 53.7 Å². The first-order valence-electron chi connectivity index (χ1n) is 8.44. The molecule has 0 spiro atoms. The molecule has 1 aromatic heterocycles. The van der Waals surface area contributed by atoms with Gasteiger partial charge in [0.25, 0.3) is 0 Å². The van der Waals surface area contributed by atoms with E-state index >= 15 is 0 Å². The second-order valence-electron chi connectivity index (χ2n) is 5.56. The Labute approximate surface area is 144 Å². The lowest BCUT2D eigenvalue weighted by molar-refractivity contribution is 0.464. The smallest absolute Gasteiger partial charge is 0.194 e. The fourth-order valence-electron chi connectivity index (χ4n) is 2.39. The van der Waals surface area contributed by atoms with Crippen molar-refractivity contribution in [3.05, 3.63) is 54.5 Å². The number of H-pyrrole nitrogens is 1. The predicted molar refractivity (Wildman–Crippen MR) is 101 cm³/mol. The Morgan fingerprint density at radius 1 is 1.33 bits per heavy atom. The average molecular weight is 325 g/mol. The van der Waals surface area contributed by atoms with Crippen molar-refractivity contribution in [3.63, 3.8) is 0 Å². The summed E-state index contributed by atoms with van der Waals surface area (Å²) in [5, 5.41) is 3.33. The van der Waals surface area contributed by atoms with E-state index in [1.807, 2.05) is 38.4 Å². The molecular weight excluding hydrogens is 298 g/mol. The maximum absolute atomic E-state index is 4.65. The van der Waals surface area contributed by atoms with E-state index in [2.05, 4.69) is 56.4 Å². The third-order valence-electron chi connectivity index (χ3n) is 3.59. The molecule has 0 amide bonds. The topological polar surface area (TPSA) is 56.3 Å². The van der Waals surface area contributed by atoms with Crippen LogP contribution in [0.3, 0.4) is 0 Å². The van der Waals surface area contributed by atoms with Crippen LogP contribution < -0.4 is 5.32 Å². The third kappa shape index (κ3) is 5.26. The van der Waals surface area contributed by atoms with Gasteiger partial charge in [-0.3, -0.25) is 4.99 Å². The van der Waals surface area contributed by atoms with Crippen LogP contribution >= 0.6 is 0 Å². The van der Waals surface area contributed by atoms with E-state index in [1.165, 1.54) is 0 Å². The molecule has 5 heteroatoms. The number of hydrogen-bond acceptors (Lipinski definition) is 2. The minimum absolute atomic E-state index is 0.683. The molecule has 0 aliphatic carbocycles. The molecule has 0 aliphatic rings. The Balaban J connectivity index is 2.01. The zero-order valence-electron chi connectivity index (χ0n) is 14.8. The number of aromatic amines is 1. The molecule has 24 heavy (non-hydrogen) atoms. The highest BCUT2D eigenvalue weighted by atomic mass is 15.3. The van der Waals surface area contributed by atoms with Gasteiger partial charge in [0.15, 0.2) is 5.96 Å². The Kier molecular flexibility index (Phi) is 7.08. The van der Waals surface area contributed by atoms with Gasteiger partial charge in [-0.1, -0.05) is 42.5 Å². The summed E-state index contributed by atoms with van der Waals surface area (Å²) in [6.07, 6.45) is 7.03. The molecule has 0 atom stereocenters. The van der Waals surface area contributed by atoms with E-state index in [4.69, 9.17) is 0 Å². The van der Waals surface area contributed by atoms with Crippen LogP contribution in [0.4, 0.5) is 0 Å². The van der Waals surface area contributed by atoms with Crippen molar-refractivity contribution >= 4 is 5.96 Å². The average Bonchev–Trinajstić information content (AvgIpc) is 3.07. The molecule has 2 N–H and O–H groups in total. The van der Waals surface area contributed by atoms with E-state index in [9.17, 15) is 0 Å². The van der Waals surface area contributed by atoms with Gasteiger partial charge in [0.1, 0.15) is 5.82 Å². The van der Waals surface area contributed by atoms with Crippen molar-refractivity contribution in [2.24, 2.45) is 4.99 Å². The summed E-state index contributed by atoms with van der Waals surface area (Å²) in [6.45, 7) is 6.42. The third-order valence-corrected chi connectivity index (χ3v) is 3.59. The van der Waals surface area contributed by atoms with E-state index < -0.39 is 0 Å². The summed E-state index contributed by atoms with van der Waals surface area (Å²) >= 11 is 0. The fraction of sp³-hybridized carbons (Fsp3) is 0.368. The summed E-state index contributed by atoms with van der Waals surface area (Å²) < 4.78 is 0. The first kappa shape index (κ1) is 17.8.